The van der Waals surface area contributed by atoms with Crippen LogP contribution in [0.25, 0.3) is 0 Å². The number of ether oxygens (including phenoxy) is 2. The Balaban J connectivity index is 1.57. The number of rotatable bonds is 7. The summed E-state index contributed by atoms with van der Waals surface area (Å²) < 4.78 is 10.9. The zero-order valence-corrected chi connectivity index (χ0v) is 18.1. The maximum Gasteiger partial charge on any atom is 0.347 e. The van der Waals surface area contributed by atoms with E-state index in [2.05, 4.69) is 5.10 Å². The second-order valence-electron chi connectivity index (χ2n) is 8.36. The number of amides is 2. The molecule has 3 aliphatic rings. The zero-order valence-electron chi connectivity index (χ0n) is 18.1. The molecule has 0 spiro atoms. The van der Waals surface area contributed by atoms with Gasteiger partial charge < -0.3 is 14.4 Å². The molecular weight excluding hydrogens is 398 g/mol. The lowest BCUT2D eigenvalue weighted by Gasteiger charge is -2.19. The van der Waals surface area contributed by atoms with Gasteiger partial charge in [0.2, 0.25) is 0 Å². The summed E-state index contributed by atoms with van der Waals surface area (Å²) in [5.41, 5.74) is 1.43. The van der Waals surface area contributed by atoms with Gasteiger partial charge in [0.1, 0.15) is 5.75 Å². The fourth-order valence-corrected chi connectivity index (χ4v) is 4.63. The van der Waals surface area contributed by atoms with Gasteiger partial charge in [-0.05, 0) is 44.2 Å². The van der Waals surface area contributed by atoms with Gasteiger partial charge in [0.05, 0.1) is 24.7 Å². The van der Waals surface area contributed by atoms with E-state index in [1.807, 2.05) is 37.2 Å². The van der Waals surface area contributed by atoms with E-state index in [4.69, 9.17) is 9.47 Å². The van der Waals surface area contributed by atoms with Crippen LogP contribution in [0.1, 0.15) is 25.8 Å². The SMILES string of the molecule is CCOC(=O)[C@@H](C)Oc1cc(N(C)C)ccc1C=NN1C(=O)[C@@H]2[C@H](C1=O)[C@H]1C=C[C@H]2C1. The van der Waals surface area contributed by atoms with Crippen LogP contribution in [0.4, 0.5) is 5.69 Å². The number of hydrogen-bond donors (Lipinski definition) is 0. The molecule has 8 heteroatoms. The first kappa shape index (κ1) is 21.1. The normalized spacial score (nSPS) is 27.2. The quantitative estimate of drug-likeness (QED) is 0.288. The van der Waals surface area contributed by atoms with Gasteiger partial charge in [-0.15, -0.1) is 0 Å². The highest BCUT2D eigenvalue weighted by atomic mass is 16.6. The minimum atomic E-state index is -0.819. The molecule has 1 saturated heterocycles. The summed E-state index contributed by atoms with van der Waals surface area (Å²) in [4.78, 5) is 39.6. The number of imide groups is 1. The van der Waals surface area contributed by atoms with E-state index >= 15 is 0 Å². The van der Waals surface area contributed by atoms with Gasteiger partial charge in [-0.3, -0.25) is 9.59 Å². The Bertz CT molecular complexity index is 940. The first-order chi connectivity index (χ1) is 14.8. The summed E-state index contributed by atoms with van der Waals surface area (Å²) in [6.07, 6.45) is 5.60. The molecule has 1 aliphatic heterocycles. The summed E-state index contributed by atoms with van der Waals surface area (Å²) in [6.45, 7) is 3.60. The topological polar surface area (TPSA) is 88.5 Å². The molecule has 1 aromatic rings. The standard InChI is InChI=1S/C23H27N3O5/c1-5-30-23(29)13(2)31-18-11-17(25(3)4)9-8-16(18)12-24-26-21(27)19-14-6-7-15(10-14)20(19)22(26)28/h6-9,11-15,19-20H,5,10H2,1-4H3/t13-,14+,15+,19-,20+/m1/s1. The smallest absolute Gasteiger partial charge is 0.347 e. The second kappa shape index (κ2) is 8.17. The van der Waals surface area contributed by atoms with Gasteiger partial charge in [-0.25, -0.2) is 4.79 Å². The predicted molar refractivity (Wildman–Crippen MR) is 115 cm³/mol. The predicted octanol–water partition coefficient (Wildman–Crippen LogP) is 2.22. The fourth-order valence-electron chi connectivity index (χ4n) is 4.63. The fraction of sp³-hybridized carbons (Fsp3) is 0.478. The van der Waals surface area contributed by atoms with E-state index in [-0.39, 0.29) is 42.1 Å². The number of fused-ring (bicyclic) bond motifs is 5. The second-order valence-corrected chi connectivity index (χ2v) is 8.36. The molecule has 1 heterocycles. The number of carbonyl (C=O) groups excluding carboxylic acids is 3. The van der Waals surface area contributed by atoms with Crippen LogP contribution in [0, 0.1) is 23.7 Å². The largest absolute Gasteiger partial charge is 0.478 e. The first-order valence-corrected chi connectivity index (χ1v) is 10.6. The number of nitrogens with zero attached hydrogens (tertiary/aromatic N) is 3. The number of hydrogen-bond acceptors (Lipinski definition) is 7. The molecule has 1 saturated carbocycles. The van der Waals surface area contributed by atoms with Gasteiger partial charge in [-0.2, -0.15) is 10.1 Å². The van der Waals surface area contributed by atoms with Crippen molar-refractivity contribution in [3.05, 3.63) is 35.9 Å². The highest BCUT2D eigenvalue weighted by Crippen LogP contribution is 2.52. The Morgan fingerprint density at radius 3 is 2.45 bits per heavy atom. The molecule has 31 heavy (non-hydrogen) atoms. The van der Waals surface area contributed by atoms with Crippen molar-refractivity contribution in [1.82, 2.24) is 5.01 Å². The van der Waals surface area contributed by atoms with Crippen molar-refractivity contribution in [2.24, 2.45) is 28.8 Å². The van der Waals surface area contributed by atoms with Gasteiger partial charge in [0.15, 0.2) is 6.10 Å². The average Bonchev–Trinajstić information content (AvgIpc) is 3.41. The highest BCUT2D eigenvalue weighted by molar-refractivity contribution is 6.07. The van der Waals surface area contributed by atoms with E-state index in [0.29, 0.717) is 11.3 Å². The maximum absolute atomic E-state index is 12.8. The van der Waals surface area contributed by atoms with Crippen molar-refractivity contribution in [1.29, 1.82) is 0 Å². The van der Waals surface area contributed by atoms with Crippen LogP contribution in [0.2, 0.25) is 0 Å². The lowest BCUT2D eigenvalue weighted by Crippen LogP contribution is -2.28. The number of allylic oxidation sites excluding steroid dienone is 2. The Kier molecular flexibility index (Phi) is 5.56. The third kappa shape index (κ3) is 3.71. The zero-order chi connectivity index (χ0) is 22.3. The third-order valence-corrected chi connectivity index (χ3v) is 6.20. The number of esters is 1. The molecule has 0 aromatic heterocycles. The molecule has 164 valence electrons. The number of carbonyl (C=O) groups is 3. The third-order valence-electron chi connectivity index (χ3n) is 6.20. The molecule has 0 radical (unpaired) electrons. The van der Waals surface area contributed by atoms with Crippen LogP contribution in [0.15, 0.2) is 35.5 Å². The number of hydrazone groups is 1. The minimum Gasteiger partial charge on any atom is -0.478 e. The van der Waals surface area contributed by atoms with E-state index in [1.54, 1.807) is 26.0 Å². The Hall–Kier alpha value is -3.16. The molecule has 2 bridgehead atoms. The van der Waals surface area contributed by atoms with E-state index in [0.717, 1.165) is 17.1 Å². The Morgan fingerprint density at radius 2 is 1.87 bits per heavy atom. The van der Waals surface area contributed by atoms with Crippen LogP contribution >= 0.6 is 0 Å². The van der Waals surface area contributed by atoms with E-state index in [9.17, 15) is 14.4 Å². The van der Waals surface area contributed by atoms with Crippen molar-refractivity contribution >= 4 is 29.7 Å². The van der Waals surface area contributed by atoms with Crippen molar-refractivity contribution < 1.29 is 23.9 Å². The molecule has 0 N–H and O–H groups in total. The van der Waals surface area contributed by atoms with Crippen LogP contribution in [0.3, 0.4) is 0 Å². The molecule has 4 rings (SSSR count). The van der Waals surface area contributed by atoms with E-state index < -0.39 is 12.1 Å². The van der Waals surface area contributed by atoms with Gasteiger partial charge in [0, 0.05) is 31.4 Å². The van der Waals surface area contributed by atoms with Crippen molar-refractivity contribution in [2.75, 3.05) is 25.6 Å². The van der Waals surface area contributed by atoms with Gasteiger partial charge in [-0.1, -0.05) is 12.2 Å². The first-order valence-electron chi connectivity index (χ1n) is 10.6. The van der Waals surface area contributed by atoms with Crippen molar-refractivity contribution in [2.45, 2.75) is 26.4 Å². The Morgan fingerprint density at radius 1 is 1.23 bits per heavy atom. The van der Waals surface area contributed by atoms with Gasteiger partial charge >= 0.3 is 5.97 Å². The minimum absolute atomic E-state index is 0.135. The molecule has 2 amide bonds. The summed E-state index contributed by atoms with van der Waals surface area (Å²) in [5, 5.41) is 5.23. The molecule has 8 nitrogen and oxygen atoms in total. The molecule has 2 fully saturated rings. The summed E-state index contributed by atoms with van der Waals surface area (Å²) in [7, 11) is 3.79. The molecule has 0 unspecified atom stereocenters. The number of anilines is 1. The van der Waals surface area contributed by atoms with Gasteiger partial charge in [0.25, 0.3) is 11.8 Å². The lowest BCUT2D eigenvalue weighted by atomic mass is 9.85. The monoisotopic (exact) mass is 425 g/mol. The molecule has 1 aromatic carbocycles. The van der Waals surface area contributed by atoms with E-state index in [1.165, 1.54) is 6.21 Å². The van der Waals surface area contributed by atoms with Crippen molar-refractivity contribution in [3.8, 4) is 5.75 Å². The van der Waals surface area contributed by atoms with Crippen LogP contribution < -0.4 is 9.64 Å². The molecule has 5 atom stereocenters. The highest BCUT2D eigenvalue weighted by Gasteiger charge is 2.59. The van der Waals surface area contributed by atoms with Crippen LogP contribution in [-0.2, 0) is 19.1 Å². The molecule has 2 aliphatic carbocycles. The average molecular weight is 425 g/mol. The van der Waals surface area contributed by atoms with Crippen LogP contribution in [0.5, 0.6) is 5.75 Å². The summed E-state index contributed by atoms with van der Waals surface area (Å²) in [6, 6.07) is 5.43. The number of benzene rings is 1. The summed E-state index contributed by atoms with van der Waals surface area (Å²) in [5.74, 6) is -0.861. The van der Waals surface area contributed by atoms with Crippen LogP contribution in [-0.4, -0.2) is 55.8 Å². The lowest BCUT2D eigenvalue weighted by molar-refractivity contribution is -0.150. The summed E-state index contributed by atoms with van der Waals surface area (Å²) >= 11 is 0. The molecular formula is C23H27N3O5. The Labute approximate surface area is 181 Å². The van der Waals surface area contributed by atoms with Crippen molar-refractivity contribution in [3.63, 3.8) is 0 Å². The maximum atomic E-state index is 12.8.